The van der Waals surface area contributed by atoms with Crippen LogP contribution in [0.2, 0.25) is 0 Å². The molecule has 0 fully saturated rings. The number of hydrogen-bond donors (Lipinski definition) is 2. The molecule has 0 aliphatic heterocycles. The highest BCUT2D eigenvalue weighted by Gasteiger charge is 2.13. The predicted molar refractivity (Wildman–Crippen MR) is 80.2 cm³/mol. The van der Waals surface area contributed by atoms with Crippen LogP contribution in [-0.4, -0.2) is 24.2 Å². The number of para-hydroxylation sites is 2. The van der Waals surface area contributed by atoms with Gasteiger partial charge in [0.2, 0.25) is 10.0 Å². The Kier molecular flexibility index (Phi) is 3.99. The van der Waals surface area contributed by atoms with E-state index < -0.39 is 10.0 Å². The van der Waals surface area contributed by atoms with Crippen LogP contribution >= 0.6 is 0 Å². The van der Waals surface area contributed by atoms with Crippen LogP contribution in [0.5, 0.6) is 0 Å². The average molecular weight is 294 g/mol. The lowest BCUT2D eigenvalue weighted by Crippen LogP contribution is -2.15. The maximum absolute atomic E-state index is 11.4. The number of rotatable bonds is 5. The maximum atomic E-state index is 11.4. The van der Waals surface area contributed by atoms with E-state index in [2.05, 4.69) is 15.0 Å². The standard InChI is InChI=1S/C13H18N4O2S/c1-10(13-14-8-9-17(13)2)15-11-6-4-5-7-12(11)16-20(3,18)19/h4-10,15-16H,1-3H3. The molecular formula is C13H18N4O2S. The molecular weight excluding hydrogens is 276 g/mol. The monoisotopic (exact) mass is 294 g/mol. The fourth-order valence-corrected chi connectivity index (χ4v) is 2.57. The summed E-state index contributed by atoms with van der Waals surface area (Å²) in [6.07, 6.45) is 4.73. The number of aryl methyl sites for hydroxylation is 1. The predicted octanol–water partition coefficient (Wildman–Crippen LogP) is 1.96. The summed E-state index contributed by atoms with van der Waals surface area (Å²) < 4.78 is 27.2. The van der Waals surface area contributed by atoms with Crippen LogP contribution in [-0.2, 0) is 17.1 Å². The fraction of sp³-hybridized carbons (Fsp3) is 0.308. The zero-order chi connectivity index (χ0) is 14.8. The molecule has 0 spiro atoms. The molecule has 0 aliphatic rings. The number of sulfonamides is 1. The second-order valence-corrected chi connectivity index (χ2v) is 6.43. The summed E-state index contributed by atoms with van der Waals surface area (Å²) in [6, 6.07) is 7.13. The highest BCUT2D eigenvalue weighted by Crippen LogP contribution is 2.26. The van der Waals surface area contributed by atoms with Gasteiger partial charge in [-0.15, -0.1) is 0 Å². The Morgan fingerprint density at radius 3 is 2.45 bits per heavy atom. The lowest BCUT2D eigenvalue weighted by atomic mass is 10.2. The van der Waals surface area contributed by atoms with E-state index in [1.165, 1.54) is 0 Å². The molecule has 1 aromatic carbocycles. The van der Waals surface area contributed by atoms with E-state index in [1.54, 1.807) is 18.3 Å². The number of anilines is 2. The van der Waals surface area contributed by atoms with Gasteiger partial charge in [-0.2, -0.15) is 0 Å². The van der Waals surface area contributed by atoms with Gasteiger partial charge >= 0.3 is 0 Å². The van der Waals surface area contributed by atoms with E-state index in [0.29, 0.717) is 11.4 Å². The summed E-state index contributed by atoms with van der Waals surface area (Å²) in [5, 5.41) is 3.27. The lowest BCUT2D eigenvalue weighted by Gasteiger charge is -2.18. The number of aromatic nitrogens is 2. The van der Waals surface area contributed by atoms with Gasteiger partial charge in [0.15, 0.2) is 0 Å². The molecule has 1 aromatic heterocycles. The quantitative estimate of drug-likeness (QED) is 0.884. The first-order chi connectivity index (χ1) is 9.37. The van der Waals surface area contributed by atoms with Crippen LogP contribution in [0.3, 0.4) is 0 Å². The minimum absolute atomic E-state index is 0.0440. The van der Waals surface area contributed by atoms with Gasteiger partial charge in [0, 0.05) is 19.4 Å². The van der Waals surface area contributed by atoms with Gasteiger partial charge in [-0.25, -0.2) is 13.4 Å². The molecule has 108 valence electrons. The SMILES string of the molecule is CC(Nc1ccccc1NS(C)(=O)=O)c1nccn1C. The molecule has 1 unspecified atom stereocenters. The minimum Gasteiger partial charge on any atom is -0.374 e. The third kappa shape index (κ3) is 3.51. The molecule has 2 N–H and O–H groups in total. The Labute approximate surface area is 118 Å². The molecule has 7 heteroatoms. The Balaban J connectivity index is 2.23. The summed E-state index contributed by atoms with van der Waals surface area (Å²) >= 11 is 0. The molecule has 2 aromatic rings. The molecule has 0 bridgehead atoms. The molecule has 20 heavy (non-hydrogen) atoms. The van der Waals surface area contributed by atoms with Crippen molar-refractivity contribution in [2.24, 2.45) is 7.05 Å². The number of nitrogens with zero attached hydrogens (tertiary/aromatic N) is 2. The summed E-state index contributed by atoms with van der Waals surface area (Å²) in [5.41, 5.74) is 1.24. The van der Waals surface area contributed by atoms with Crippen molar-refractivity contribution < 1.29 is 8.42 Å². The fourth-order valence-electron chi connectivity index (χ4n) is 1.99. The van der Waals surface area contributed by atoms with Crippen LogP contribution in [0, 0.1) is 0 Å². The van der Waals surface area contributed by atoms with Crippen molar-refractivity contribution in [2.45, 2.75) is 13.0 Å². The molecule has 0 amide bonds. The Morgan fingerprint density at radius 1 is 1.25 bits per heavy atom. The maximum Gasteiger partial charge on any atom is 0.229 e. The van der Waals surface area contributed by atoms with Gasteiger partial charge in [0.25, 0.3) is 0 Å². The van der Waals surface area contributed by atoms with Gasteiger partial charge in [0.1, 0.15) is 5.82 Å². The van der Waals surface area contributed by atoms with E-state index in [9.17, 15) is 8.42 Å². The molecule has 0 radical (unpaired) electrons. The highest BCUT2D eigenvalue weighted by molar-refractivity contribution is 7.92. The first-order valence-corrected chi connectivity index (χ1v) is 8.06. The van der Waals surface area contributed by atoms with E-state index in [1.807, 2.05) is 36.9 Å². The second-order valence-electron chi connectivity index (χ2n) is 4.68. The van der Waals surface area contributed by atoms with Crippen molar-refractivity contribution in [3.05, 3.63) is 42.5 Å². The van der Waals surface area contributed by atoms with Crippen LogP contribution < -0.4 is 10.0 Å². The van der Waals surface area contributed by atoms with Crippen molar-refractivity contribution in [3.63, 3.8) is 0 Å². The third-order valence-corrected chi connectivity index (χ3v) is 3.43. The zero-order valence-corrected chi connectivity index (χ0v) is 12.5. The number of hydrogen-bond acceptors (Lipinski definition) is 4. The van der Waals surface area contributed by atoms with E-state index in [0.717, 1.165) is 12.1 Å². The van der Waals surface area contributed by atoms with Gasteiger partial charge in [-0.3, -0.25) is 4.72 Å². The second kappa shape index (κ2) is 5.54. The number of benzene rings is 1. The molecule has 6 nitrogen and oxygen atoms in total. The lowest BCUT2D eigenvalue weighted by molar-refractivity contribution is 0.607. The molecule has 1 atom stereocenters. The van der Waals surface area contributed by atoms with E-state index in [4.69, 9.17) is 0 Å². The van der Waals surface area contributed by atoms with Gasteiger partial charge < -0.3 is 9.88 Å². The first-order valence-electron chi connectivity index (χ1n) is 6.17. The van der Waals surface area contributed by atoms with Gasteiger partial charge in [-0.05, 0) is 19.1 Å². The Morgan fingerprint density at radius 2 is 1.90 bits per heavy atom. The van der Waals surface area contributed by atoms with Crippen molar-refractivity contribution in [2.75, 3.05) is 16.3 Å². The summed E-state index contributed by atoms with van der Waals surface area (Å²) in [4.78, 5) is 4.28. The number of nitrogens with one attached hydrogen (secondary N) is 2. The molecule has 1 heterocycles. The van der Waals surface area contributed by atoms with Gasteiger partial charge in [0.05, 0.1) is 23.7 Å². The molecule has 2 rings (SSSR count). The summed E-state index contributed by atoms with van der Waals surface area (Å²) in [6.45, 7) is 1.97. The van der Waals surface area contributed by atoms with Crippen LogP contribution in [0.4, 0.5) is 11.4 Å². The van der Waals surface area contributed by atoms with E-state index in [-0.39, 0.29) is 6.04 Å². The van der Waals surface area contributed by atoms with Crippen LogP contribution in [0.15, 0.2) is 36.7 Å². The smallest absolute Gasteiger partial charge is 0.229 e. The molecule has 0 saturated carbocycles. The third-order valence-electron chi connectivity index (χ3n) is 2.84. The number of imidazole rings is 1. The first kappa shape index (κ1) is 14.4. The van der Waals surface area contributed by atoms with Crippen LogP contribution in [0.1, 0.15) is 18.8 Å². The topological polar surface area (TPSA) is 76.0 Å². The Bertz CT molecular complexity index is 694. The van der Waals surface area contributed by atoms with Crippen LogP contribution in [0.25, 0.3) is 0 Å². The largest absolute Gasteiger partial charge is 0.374 e. The normalized spacial score (nSPS) is 12.9. The zero-order valence-electron chi connectivity index (χ0n) is 11.7. The molecule has 0 saturated heterocycles. The summed E-state index contributed by atoms with van der Waals surface area (Å²) in [7, 11) is -1.39. The Hall–Kier alpha value is -2.02. The van der Waals surface area contributed by atoms with Crippen molar-refractivity contribution in [1.82, 2.24) is 9.55 Å². The van der Waals surface area contributed by atoms with E-state index >= 15 is 0 Å². The molecule has 0 aliphatic carbocycles. The van der Waals surface area contributed by atoms with Crippen molar-refractivity contribution in [1.29, 1.82) is 0 Å². The minimum atomic E-state index is -3.31. The highest BCUT2D eigenvalue weighted by atomic mass is 32.2. The average Bonchev–Trinajstić information content (AvgIpc) is 2.76. The van der Waals surface area contributed by atoms with Gasteiger partial charge in [-0.1, -0.05) is 12.1 Å². The van der Waals surface area contributed by atoms with Crippen molar-refractivity contribution in [3.8, 4) is 0 Å². The van der Waals surface area contributed by atoms with Crippen molar-refractivity contribution >= 4 is 21.4 Å². The summed E-state index contributed by atoms with van der Waals surface area (Å²) in [5.74, 6) is 0.874.